The molecule has 2 aliphatic rings. The number of carbonyl (C=O) groups is 1. The number of anilines is 1. The molecule has 4 heterocycles. The third-order valence-corrected chi connectivity index (χ3v) is 5.92. The molecule has 0 radical (unpaired) electrons. The fourth-order valence-corrected chi connectivity index (χ4v) is 4.37. The normalized spacial score (nSPS) is 21.7. The van der Waals surface area contributed by atoms with Crippen LogP contribution in [0.5, 0.6) is 0 Å². The second-order valence-electron chi connectivity index (χ2n) is 8.01. The van der Waals surface area contributed by atoms with E-state index in [4.69, 9.17) is 0 Å². The van der Waals surface area contributed by atoms with E-state index in [9.17, 15) is 4.79 Å². The van der Waals surface area contributed by atoms with E-state index in [0.717, 1.165) is 56.2 Å². The van der Waals surface area contributed by atoms with Crippen molar-refractivity contribution >= 4 is 11.9 Å². The molecule has 1 atom stereocenters. The highest BCUT2D eigenvalue weighted by molar-refractivity contribution is 5.92. The fourth-order valence-electron chi connectivity index (χ4n) is 4.37. The van der Waals surface area contributed by atoms with Crippen molar-refractivity contribution in [1.82, 2.24) is 24.8 Å². The Hall–Kier alpha value is -2.57. The van der Waals surface area contributed by atoms with E-state index in [0.29, 0.717) is 11.7 Å². The van der Waals surface area contributed by atoms with Gasteiger partial charge in [0.1, 0.15) is 5.69 Å². The predicted molar refractivity (Wildman–Crippen MR) is 103 cm³/mol. The number of aromatic nitrogens is 4. The van der Waals surface area contributed by atoms with E-state index in [1.54, 1.807) is 12.4 Å². The minimum Gasteiger partial charge on any atom is -0.338 e. The maximum absolute atomic E-state index is 12.7. The largest absolute Gasteiger partial charge is 0.338 e. The highest BCUT2D eigenvalue weighted by Gasteiger charge is 2.45. The fraction of sp³-hybridized carbons (Fsp3) is 0.550. The minimum absolute atomic E-state index is 0.0118. The summed E-state index contributed by atoms with van der Waals surface area (Å²) in [4.78, 5) is 34.5. The van der Waals surface area contributed by atoms with E-state index < -0.39 is 0 Å². The smallest absolute Gasteiger partial charge is 0.274 e. The molecule has 2 aromatic rings. The molecule has 1 spiro atoms. The lowest BCUT2D eigenvalue weighted by Crippen LogP contribution is -2.44. The molecular formula is C20H26N6O. The van der Waals surface area contributed by atoms with Crippen molar-refractivity contribution in [3.8, 4) is 0 Å². The molecule has 27 heavy (non-hydrogen) atoms. The molecule has 0 N–H and O–H groups in total. The van der Waals surface area contributed by atoms with Crippen LogP contribution in [-0.4, -0.2) is 56.4 Å². The number of piperidine rings is 1. The Morgan fingerprint density at radius 3 is 2.56 bits per heavy atom. The number of likely N-dealkylation sites (tertiary alicyclic amines) is 1. The summed E-state index contributed by atoms with van der Waals surface area (Å²) in [5.41, 5.74) is 2.49. The van der Waals surface area contributed by atoms with E-state index >= 15 is 0 Å². The Balaban J connectivity index is 1.42. The van der Waals surface area contributed by atoms with Crippen LogP contribution < -0.4 is 4.90 Å². The quantitative estimate of drug-likeness (QED) is 0.812. The van der Waals surface area contributed by atoms with Gasteiger partial charge in [-0.2, -0.15) is 0 Å². The zero-order chi connectivity index (χ0) is 19.0. The average molecular weight is 366 g/mol. The Labute approximate surface area is 159 Å². The lowest BCUT2D eigenvalue weighted by Gasteiger charge is -2.39. The van der Waals surface area contributed by atoms with Gasteiger partial charge in [0.2, 0.25) is 5.95 Å². The molecule has 2 aliphatic heterocycles. The van der Waals surface area contributed by atoms with Crippen LogP contribution in [0.25, 0.3) is 0 Å². The summed E-state index contributed by atoms with van der Waals surface area (Å²) in [6.45, 7) is 8.62. The summed E-state index contributed by atoms with van der Waals surface area (Å²) in [5.74, 6) is 0.815. The van der Waals surface area contributed by atoms with Gasteiger partial charge in [-0.1, -0.05) is 0 Å². The summed E-state index contributed by atoms with van der Waals surface area (Å²) in [7, 11) is 0. The molecule has 0 aliphatic carbocycles. The van der Waals surface area contributed by atoms with Gasteiger partial charge >= 0.3 is 0 Å². The summed E-state index contributed by atoms with van der Waals surface area (Å²) in [6, 6.07) is 2.34. The minimum atomic E-state index is -0.0118. The zero-order valence-electron chi connectivity index (χ0n) is 16.2. The molecule has 7 nitrogen and oxygen atoms in total. The lowest BCUT2D eigenvalue weighted by molar-refractivity contribution is 0.0600. The second-order valence-corrected chi connectivity index (χ2v) is 8.01. The standard InChI is InChI=1S/C20H26N6O/c1-14-4-7-21-19(24-14)26-13-20(10-16(26)3)5-8-25(9-6-20)18(27)17-12-22-15(2)11-23-17/h4,7,11-12,16H,5-6,8-10,13H2,1-3H3. The van der Waals surface area contributed by atoms with Gasteiger partial charge in [0.05, 0.1) is 11.9 Å². The Morgan fingerprint density at radius 1 is 1.11 bits per heavy atom. The third kappa shape index (κ3) is 3.50. The Kier molecular flexibility index (Phi) is 4.53. The van der Waals surface area contributed by atoms with Gasteiger partial charge in [0, 0.05) is 43.8 Å². The number of hydrogen-bond acceptors (Lipinski definition) is 6. The van der Waals surface area contributed by atoms with Crippen molar-refractivity contribution in [2.45, 2.75) is 46.1 Å². The number of nitrogens with zero attached hydrogens (tertiary/aromatic N) is 6. The van der Waals surface area contributed by atoms with Gasteiger partial charge in [0.15, 0.2) is 0 Å². The third-order valence-electron chi connectivity index (χ3n) is 5.92. The molecule has 2 aromatic heterocycles. The van der Waals surface area contributed by atoms with Crippen molar-refractivity contribution in [2.24, 2.45) is 5.41 Å². The molecule has 4 rings (SSSR count). The van der Waals surface area contributed by atoms with E-state index in [1.165, 1.54) is 0 Å². The first-order valence-corrected chi connectivity index (χ1v) is 9.60. The summed E-state index contributed by atoms with van der Waals surface area (Å²) >= 11 is 0. The van der Waals surface area contributed by atoms with Crippen LogP contribution in [0.4, 0.5) is 5.95 Å². The summed E-state index contributed by atoms with van der Waals surface area (Å²) in [5, 5.41) is 0. The van der Waals surface area contributed by atoms with Gasteiger partial charge in [-0.05, 0) is 51.5 Å². The van der Waals surface area contributed by atoms with Gasteiger partial charge < -0.3 is 9.80 Å². The van der Waals surface area contributed by atoms with Gasteiger partial charge in [-0.3, -0.25) is 9.78 Å². The van der Waals surface area contributed by atoms with Crippen LogP contribution in [0, 0.1) is 19.3 Å². The topological polar surface area (TPSA) is 75.1 Å². The molecule has 0 bridgehead atoms. The number of carbonyl (C=O) groups excluding carboxylic acids is 1. The van der Waals surface area contributed by atoms with E-state index in [1.807, 2.05) is 31.0 Å². The molecule has 7 heteroatoms. The lowest BCUT2D eigenvalue weighted by atomic mass is 9.76. The molecule has 2 saturated heterocycles. The van der Waals surface area contributed by atoms with Gasteiger partial charge in [-0.25, -0.2) is 15.0 Å². The first-order chi connectivity index (χ1) is 13.0. The molecule has 1 amide bonds. The molecule has 0 saturated carbocycles. The van der Waals surface area contributed by atoms with Crippen molar-refractivity contribution < 1.29 is 4.79 Å². The number of amides is 1. The van der Waals surface area contributed by atoms with Crippen molar-refractivity contribution in [3.05, 3.63) is 41.7 Å². The van der Waals surface area contributed by atoms with Gasteiger partial charge in [0.25, 0.3) is 5.91 Å². The molecule has 2 fully saturated rings. The van der Waals surface area contributed by atoms with E-state index in [2.05, 4.69) is 31.8 Å². The number of hydrogen-bond donors (Lipinski definition) is 0. The number of rotatable bonds is 2. The second kappa shape index (κ2) is 6.87. The van der Waals surface area contributed by atoms with Crippen LogP contribution in [0.2, 0.25) is 0 Å². The SMILES string of the molecule is Cc1cnc(C(=O)N2CCC3(CC2)CC(C)N(c2nccc(C)n2)C3)cn1. The molecule has 0 aromatic carbocycles. The Bertz CT molecular complexity index is 829. The van der Waals surface area contributed by atoms with Crippen molar-refractivity contribution in [3.63, 3.8) is 0 Å². The van der Waals surface area contributed by atoms with Crippen LogP contribution >= 0.6 is 0 Å². The van der Waals surface area contributed by atoms with Crippen LogP contribution in [0.1, 0.15) is 48.1 Å². The average Bonchev–Trinajstić information content (AvgIpc) is 2.98. The maximum Gasteiger partial charge on any atom is 0.274 e. The van der Waals surface area contributed by atoms with Crippen LogP contribution in [0.3, 0.4) is 0 Å². The predicted octanol–water partition coefficient (Wildman–Crippen LogP) is 2.40. The first-order valence-electron chi connectivity index (χ1n) is 9.60. The maximum atomic E-state index is 12.7. The monoisotopic (exact) mass is 366 g/mol. The van der Waals surface area contributed by atoms with Crippen molar-refractivity contribution in [1.29, 1.82) is 0 Å². The van der Waals surface area contributed by atoms with Crippen LogP contribution in [-0.2, 0) is 0 Å². The molecular weight excluding hydrogens is 340 g/mol. The van der Waals surface area contributed by atoms with E-state index in [-0.39, 0.29) is 11.3 Å². The van der Waals surface area contributed by atoms with Crippen molar-refractivity contribution in [2.75, 3.05) is 24.5 Å². The first kappa shape index (κ1) is 17.8. The summed E-state index contributed by atoms with van der Waals surface area (Å²) in [6.07, 6.45) is 8.19. The number of aryl methyl sites for hydroxylation is 2. The highest BCUT2D eigenvalue weighted by atomic mass is 16.2. The molecule has 1 unspecified atom stereocenters. The highest BCUT2D eigenvalue weighted by Crippen LogP contribution is 2.44. The summed E-state index contributed by atoms with van der Waals surface area (Å²) < 4.78 is 0. The zero-order valence-corrected chi connectivity index (χ0v) is 16.2. The Morgan fingerprint density at radius 2 is 1.89 bits per heavy atom. The van der Waals surface area contributed by atoms with Crippen LogP contribution in [0.15, 0.2) is 24.7 Å². The molecule has 142 valence electrons. The van der Waals surface area contributed by atoms with Gasteiger partial charge in [-0.15, -0.1) is 0 Å².